The van der Waals surface area contributed by atoms with Crippen LogP contribution in [0.5, 0.6) is 0 Å². The average molecular weight is 940 g/mol. The fraction of sp³-hybridized carbons (Fsp3) is 0.477. The van der Waals surface area contributed by atoms with Gasteiger partial charge in [0.1, 0.15) is 42.3 Å². The highest BCUT2D eigenvalue weighted by Gasteiger charge is 2.35. The number of hydrogen-bond donors (Lipinski definition) is 12. The number of carboxylic acids is 3. The predicted molar refractivity (Wildman–Crippen MR) is 238 cm³/mol. The van der Waals surface area contributed by atoms with Crippen molar-refractivity contribution in [2.24, 2.45) is 17.4 Å². The lowest BCUT2D eigenvalue weighted by molar-refractivity contribution is -0.142. The Kier molecular flexibility index (Phi) is 23.1. The van der Waals surface area contributed by atoms with Gasteiger partial charge in [-0.05, 0) is 50.2 Å². The number of nitrogens with one attached hydrogen (secondary N) is 7. The topological polar surface area (TPSA) is 385 Å². The van der Waals surface area contributed by atoms with Crippen LogP contribution in [-0.4, -0.2) is 129 Å². The van der Waals surface area contributed by atoms with Crippen molar-refractivity contribution in [1.82, 2.24) is 37.2 Å². The van der Waals surface area contributed by atoms with Gasteiger partial charge in [0, 0.05) is 32.1 Å². The molecule has 0 spiro atoms. The molecular formula is C44H61N9O14. The lowest BCUT2D eigenvalue weighted by atomic mass is 9.99. The molecule has 2 aromatic rings. The van der Waals surface area contributed by atoms with Gasteiger partial charge >= 0.3 is 17.9 Å². The van der Waals surface area contributed by atoms with Crippen molar-refractivity contribution in [1.29, 1.82) is 0 Å². The summed E-state index contributed by atoms with van der Waals surface area (Å²) >= 11 is 0. The molecule has 0 saturated heterocycles. The third kappa shape index (κ3) is 20.5. The molecule has 8 amide bonds. The maximum Gasteiger partial charge on any atom is 0.325 e. The van der Waals surface area contributed by atoms with Crippen molar-refractivity contribution < 1.29 is 68.1 Å². The van der Waals surface area contributed by atoms with Gasteiger partial charge < -0.3 is 64.0 Å². The zero-order chi connectivity index (χ0) is 50.4. The zero-order valence-electron chi connectivity index (χ0n) is 37.6. The van der Waals surface area contributed by atoms with Crippen molar-refractivity contribution in [2.75, 3.05) is 0 Å². The van der Waals surface area contributed by atoms with E-state index in [1.54, 1.807) is 74.5 Å². The van der Waals surface area contributed by atoms with Crippen LogP contribution in [0.4, 0.5) is 0 Å². The second-order valence-corrected chi connectivity index (χ2v) is 16.1. The number of benzene rings is 2. The number of carbonyl (C=O) groups excluding carboxylic acids is 8. The first-order valence-electron chi connectivity index (χ1n) is 21.4. The fourth-order valence-corrected chi connectivity index (χ4v) is 6.29. The number of nitrogens with two attached hydrogens (primary N) is 2. The molecule has 0 bridgehead atoms. The molecule has 0 saturated carbocycles. The first-order chi connectivity index (χ1) is 31.5. The van der Waals surface area contributed by atoms with Crippen LogP contribution in [-0.2, 0) is 65.6 Å². The Morgan fingerprint density at radius 3 is 1.16 bits per heavy atom. The smallest absolute Gasteiger partial charge is 0.325 e. The lowest BCUT2D eigenvalue weighted by Gasteiger charge is -2.29. The van der Waals surface area contributed by atoms with Gasteiger partial charge in [-0.15, -0.1) is 0 Å². The monoisotopic (exact) mass is 939 g/mol. The molecule has 8 unspecified atom stereocenters. The summed E-state index contributed by atoms with van der Waals surface area (Å²) in [5, 5.41) is 45.0. The quantitative estimate of drug-likeness (QED) is 0.0419. The van der Waals surface area contributed by atoms with Crippen LogP contribution in [0.25, 0.3) is 0 Å². The number of aliphatic carboxylic acids is 3. The van der Waals surface area contributed by atoms with E-state index in [2.05, 4.69) is 37.2 Å². The van der Waals surface area contributed by atoms with Crippen LogP contribution in [0, 0.1) is 5.92 Å². The van der Waals surface area contributed by atoms with E-state index in [4.69, 9.17) is 11.5 Å². The van der Waals surface area contributed by atoms with E-state index in [9.17, 15) is 68.1 Å². The molecule has 23 heteroatoms. The summed E-state index contributed by atoms with van der Waals surface area (Å²) in [5.74, 6) is -12.2. The second-order valence-electron chi connectivity index (χ2n) is 16.1. The number of hydrogen-bond acceptors (Lipinski definition) is 12. The molecule has 0 heterocycles. The molecule has 0 aliphatic carbocycles. The molecule has 14 N–H and O–H groups in total. The largest absolute Gasteiger partial charge is 0.481 e. The van der Waals surface area contributed by atoms with E-state index in [0.29, 0.717) is 11.1 Å². The molecule has 0 fully saturated rings. The number of primary amides is 1. The standard InChI is InChI=1S/C44H61N9O14/c1-23(2)36(53-40(62)28(15-18-33(46)54)49-41(63)31(51-37(59)24(3)45)21-26-11-7-5-8-12-26)43(65)52-32(22-27-13-9-6-10-14-27)42(64)50-30(17-20-35(57)58)39(61)48-29(16-19-34(55)56)38(60)47-25(4)44(66)67/h5-14,23-25,28-32,36H,15-22,45H2,1-4H3,(H2,46,54)(H,47,60)(H,48,61)(H,49,63)(H,50,64)(H,51,59)(H,52,65)(H,53,62)(H,55,56)(H,57,58)(H,66,67). The molecule has 23 nitrogen and oxygen atoms in total. The van der Waals surface area contributed by atoms with Gasteiger partial charge in [-0.2, -0.15) is 0 Å². The molecule has 366 valence electrons. The highest BCUT2D eigenvalue weighted by atomic mass is 16.4. The number of carbonyl (C=O) groups is 11. The Hall–Kier alpha value is -7.43. The van der Waals surface area contributed by atoms with Crippen LogP contribution in [0.15, 0.2) is 60.7 Å². The Morgan fingerprint density at radius 1 is 0.463 bits per heavy atom. The van der Waals surface area contributed by atoms with Crippen LogP contribution >= 0.6 is 0 Å². The highest BCUT2D eigenvalue weighted by molar-refractivity contribution is 5.98. The van der Waals surface area contributed by atoms with E-state index in [-0.39, 0.29) is 25.7 Å². The Bertz CT molecular complexity index is 2070. The van der Waals surface area contributed by atoms with Gasteiger partial charge in [0.15, 0.2) is 0 Å². The lowest BCUT2D eigenvalue weighted by Crippen LogP contribution is -2.61. The molecule has 0 aliphatic heterocycles. The van der Waals surface area contributed by atoms with E-state index >= 15 is 0 Å². The first-order valence-corrected chi connectivity index (χ1v) is 21.4. The zero-order valence-corrected chi connectivity index (χ0v) is 37.6. The number of carboxylic acid groups (broad SMARTS) is 3. The molecule has 0 aliphatic rings. The van der Waals surface area contributed by atoms with Crippen LogP contribution in [0.2, 0.25) is 0 Å². The third-order valence-corrected chi connectivity index (χ3v) is 10.1. The SMILES string of the molecule is CC(N)C(=O)NC(Cc1ccccc1)C(=O)NC(CCC(N)=O)C(=O)NC(C(=O)NC(Cc1ccccc1)C(=O)NC(CCC(=O)O)C(=O)NC(CCC(=O)O)C(=O)NC(C)C(=O)O)C(C)C. The van der Waals surface area contributed by atoms with Gasteiger partial charge in [-0.3, -0.25) is 52.7 Å². The van der Waals surface area contributed by atoms with Crippen molar-refractivity contribution >= 4 is 65.2 Å². The van der Waals surface area contributed by atoms with E-state index in [1.807, 2.05) is 0 Å². The minimum Gasteiger partial charge on any atom is -0.481 e. The Labute approximate surface area is 386 Å². The summed E-state index contributed by atoms with van der Waals surface area (Å²) in [4.78, 5) is 141. The molecular weight excluding hydrogens is 879 g/mol. The maximum absolute atomic E-state index is 14.1. The maximum atomic E-state index is 14.1. The second kappa shape index (κ2) is 27.8. The van der Waals surface area contributed by atoms with Crippen molar-refractivity contribution in [3.05, 3.63) is 71.8 Å². The normalized spacial score (nSPS) is 14.5. The third-order valence-electron chi connectivity index (χ3n) is 10.1. The van der Waals surface area contributed by atoms with E-state index in [1.165, 1.54) is 6.92 Å². The van der Waals surface area contributed by atoms with Crippen LogP contribution in [0.3, 0.4) is 0 Å². The Balaban J connectivity index is 2.46. The van der Waals surface area contributed by atoms with Crippen LogP contribution in [0.1, 0.15) is 77.3 Å². The number of amides is 8. The minimum absolute atomic E-state index is 0.0112. The average Bonchev–Trinajstić information content (AvgIpc) is 3.26. The fourth-order valence-electron chi connectivity index (χ4n) is 6.29. The van der Waals surface area contributed by atoms with Crippen LogP contribution < -0.4 is 48.7 Å². The summed E-state index contributed by atoms with van der Waals surface area (Å²) in [6.07, 6.45) is -3.33. The molecule has 2 aromatic carbocycles. The van der Waals surface area contributed by atoms with Gasteiger partial charge in [0.25, 0.3) is 0 Å². The molecule has 8 atom stereocenters. The van der Waals surface area contributed by atoms with Gasteiger partial charge in [0.05, 0.1) is 6.04 Å². The minimum atomic E-state index is -1.70. The summed E-state index contributed by atoms with van der Waals surface area (Å²) in [6.45, 7) is 5.66. The van der Waals surface area contributed by atoms with E-state index < -0.39 is 145 Å². The van der Waals surface area contributed by atoms with Crippen molar-refractivity contribution in [3.8, 4) is 0 Å². The van der Waals surface area contributed by atoms with Crippen molar-refractivity contribution in [3.63, 3.8) is 0 Å². The van der Waals surface area contributed by atoms with E-state index in [0.717, 1.165) is 6.92 Å². The van der Waals surface area contributed by atoms with Crippen molar-refractivity contribution in [2.45, 2.75) is 127 Å². The van der Waals surface area contributed by atoms with Gasteiger partial charge in [0.2, 0.25) is 47.3 Å². The predicted octanol–water partition coefficient (Wildman–Crippen LogP) is -2.03. The van der Waals surface area contributed by atoms with Gasteiger partial charge in [-0.1, -0.05) is 74.5 Å². The molecule has 67 heavy (non-hydrogen) atoms. The summed E-state index contributed by atoms with van der Waals surface area (Å²) in [6, 6.07) is 5.42. The summed E-state index contributed by atoms with van der Waals surface area (Å²) < 4.78 is 0. The summed E-state index contributed by atoms with van der Waals surface area (Å²) in [5.41, 5.74) is 12.3. The van der Waals surface area contributed by atoms with Gasteiger partial charge in [-0.25, -0.2) is 0 Å². The number of rotatable bonds is 29. The Morgan fingerprint density at radius 2 is 0.806 bits per heavy atom. The molecule has 2 rings (SSSR count). The highest BCUT2D eigenvalue weighted by Crippen LogP contribution is 2.12. The summed E-state index contributed by atoms with van der Waals surface area (Å²) in [7, 11) is 0. The molecule has 0 radical (unpaired) electrons. The first kappa shape index (κ1) is 55.7. The molecule has 0 aromatic heterocycles.